The highest BCUT2D eigenvalue weighted by atomic mass is 19.3. The van der Waals surface area contributed by atoms with Crippen LogP contribution in [0.1, 0.15) is 30.9 Å². The van der Waals surface area contributed by atoms with Crippen molar-refractivity contribution < 1.29 is 32.6 Å². The van der Waals surface area contributed by atoms with Crippen LogP contribution in [0.25, 0.3) is 11.3 Å². The molecule has 204 valence electrons. The van der Waals surface area contributed by atoms with Gasteiger partial charge >= 0.3 is 12.4 Å². The van der Waals surface area contributed by atoms with Gasteiger partial charge in [0.15, 0.2) is 11.5 Å². The largest absolute Gasteiger partial charge is 0.586 e. The molecule has 3 aromatic rings. The van der Waals surface area contributed by atoms with Crippen LogP contribution in [-0.2, 0) is 21.5 Å². The third kappa shape index (κ3) is 5.40. The Hall–Kier alpha value is -4.48. The summed E-state index contributed by atoms with van der Waals surface area (Å²) in [6.07, 6.45) is -1.57. The first-order valence-electron chi connectivity index (χ1n) is 12.4. The van der Waals surface area contributed by atoms with Crippen molar-refractivity contribution in [1.29, 1.82) is 0 Å². The first-order chi connectivity index (χ1) is 18.6. The summed E-state index contributed by atoms with van der Waals surface area (Å²) < 4.78 is 42.1. The van der Waals surface area contributed by atoms with E-state index in [-0.39, 0.29) is 42.7 Å². The van der Waals surface area contributed by atoms with E-state index in [1.165, 1.54) is 22.8 Å². The highest BCUT2D eigenvalue weighted by Crippen LogP contribution is 2.52. The Morgan fingerprint density at radius 3 is 2.62 bits per heavy atom. The van der Waals surface area contributed by atoms with Crippen LogP contribution in [-0.4, -0.2) is 41.0 Å². The predicted octanol–water partition coefficient (Wildman–Crippen LogP) is 3.96. The number of alkyl halides is 2. The second-order valence-corrected chi connectivity index (χ2v) is 9.32. The molecule has 1 fully saturated rings. The van der Waals surface area contributed by atoms with E-state index in [1.807, 2.05) is 6.92 Å². The van der Waals surface area contributed by atoms with Gasteiger partial charge in [0, 0.05) is 30.9 Å². The van der Waals surface area contributed by atoms with Crippen molar-refractivity contribution in [2.75, 3.05) is 18.5 Å². The van der Waals surface area contributed by atoms with Crippen LogP contribution < -0.4 is 25.7 Å². The summed E-state index contributed by atoms with van der Waals surface area (Å²) in [5.41, 5.74) is 1.45. The molecule has 2 N–H and O–H groups in total. The molecule has 0 radical (unpaired) electrons. The van der Waals surface area contributed by atoms with Crippen LogP contribution in [0.2, 0.25) is 0 Å². The third-order valence-corrected chi connectivity index (χ3v) is 6.63. The molecule has 2 aliphatic rings. The van der Waals surface area contributed by atoms with Gasteiger partial charge in [0.2, 0.25) is 5.91 Å². The molecule has 0 spiro atoms. The maximum atomic E-state index is 13.4. The summed E-state index contributed by atoms with van der Waals surface area (Å²) in [6, 6.07) is 10.9. The normalized spacial score (nSPS) is 15.9. The van der Waals surface area contributed by atoms with Gasteiger partial charge in [0.05, 0.1) is 17.7 Å². The molecular weight excluding hydrogens is 514 g/mol. The van der Waals surface area contributed by atoms with Gasteiger partial charge in [-0.15, -0.1) is 8.78 Å². The Morgan fingerprint density at radius 1 is 1.10 bits per heavy atom. The second-order valence-electron chi connectivity index (χ2n) is 9.32. The minimum Gasteiger partial charge on any atom is -0.450 e. The lowest BCUT2D eigenvalue weighted by Crippen LogP contribution is -2.31. The molecule has 3 heterocycles. The molecule has 10 nitrogen and oxygen atoms in total. The lowest BCUT2D eigenvalue weighted by Gasteiger charge is -2.17. The fourth-order valence-electron chi connectivity index (χ4n) is 4.45. The van der Waals surface area contributed by atoms with Crippen LogP contribution in [0.5, 0.6) is 11.5 Å². The number of aryl methyl sites for hydroxylation is 1. The molecule has 12 heteroatoms. The van der Waals surface area contributed by atoms with Crippen molar-refractivity contribution in [2.45, 2.75) is 44.9 Å². The van der Waals surface area contributed by atoms with Crippen molar-refractivity contribution in [2.24, 2.45) is 0 Å². The van der Waals surface area contributed by atoms with Gasteiger partial charge in [-0.05, 0) is 62.1 Å². The molecule has 0 bridgehead atoms. The number of rotatable bonds is 8. The Morgan fingerprint density at radius 2 is 1.87 bits per heavy atom. The number of hydrogen-bond donors (Lipinski definition) is 2. The molecule has 1 aliphatic heterocycles. The molecule has 1 aliphatic carbocycles. The van der Waals surface area contributed by atoms with Crippen molar-refractivity contribution in [1.82, 2.24) is 14.9 Å². The fraction of sp³-hybridized carbons (Fsp3) is 0.333. The Kier molecular flexibility index (Phi) is 6.71. The average Bonchev–Trinajstić information content (AvgIpc) is 3.63. The van der Waals surface area contributed by atoms with E-state index < -0.39 is 17.8 Å². The van der Waals surface area contributed by atoms with Crippen molar-refractivity contribution in [3.8, 4) is 22.8 Å². The number of benzene rings is 1. The van der Waals surface area contributed by atoms with E-state index in [9.17, 15) is 23.2 Å². The number of hydrogen-bond acceptors (Lipinski definition) is 7. The number of fused-ring (bicyclic) bond motifs is 1. The van der Waals surface area contributed by atoms with Gasteiger partial charge in [-0.2, -0.15) is 0 Å². The smallest absolute Gasteiger partial charge is 0.450 e. The number of halogens is 2. The molecular formula is C27H26F2N4O6. The number of carbonyl (C=O) groups is 2. The quantitative estimate of drug-likeness (QED) is 0.444. The van der Waals surface area contributed by atoms with Crippen molar-refractivity contribution in [3.63, 3.8) is 0 Å². The van der Waals surface area contributed by atoms with Gasteiger partial charge in [-0.3, -0.25) is 9.59 Å². The van der Waals surface area contributed by atoms with E-state index in [0.29, 0.717) is 35.5 Å². The zero-order valence-corrected chi connectivity index (χ0v) is 21.3. The molecule has 2 aromatic heterocycles. The van der Waals surface area contributed by atoms with Crippen molar-refractivity contribution in [3.05, 3.63) is 70.1 Å². The van der Waals surface area contributed by atoms with Crippen molar-refractivity contribution >= 4 is 17.8 Å². The van der Waals surface area contributed by atoms with E-state index in [2.05, 4.69) is 25.1 Å². The van der Waals surface area contributed by atoms with Crippen LogP contribution in [0.15, 0.2) is 53.5 Å². The maximum Gasteiger partial charge on any atom is 0.586 e. The summed E-state index contributed by atoms with van der Waals surface area (Å²) in [5.74, 6) is -0.200. The minimum absolute atomic E-state index is 0.0807. The molecule has 0 unspecified atom stereocenters. The van der Waals surface area contributed by atoms with Gasteiger partial charge in [-0.1, -0.05) is 12.1 Å². The number of alkyl carbamates (subject to hydrolysis) is 1. The van der Waals surface area contributed by atoms with Crippen LogP contribution >= 0.6 is 0 Å². The number of carbonyl (C=O) groups excluding carboxylic acids is 2. The Labute approximate surface area is 221 Å². The van der Waals surface area contributed by atoms with Crippen LogP contribution in [0.3, 0.4) is 0 Å². The average molecular weight is 541 g/mol. The standard InChI is InChI=1S/C27H26F2N4O6/c1-3-37-25(36)30-12-13-33-15-17(5-9-22(33)34)23-16(2)4-8-21(31-23)32-24(35)26(10-11-26)18-6-7-19-20(14-18)39-27(28,29)38-19/h4-9,14-15H,3,10-13H2,1-2H3,(H,30,36)(H,31,32,35). The first-order valence-corrected chi connectivity index (χ1v) is 12.4. The Balaban J connectivity index is 1.33. The second kappa shape index (κ2) is 10.0. The molecule has 5 rings (SSSR count). The molecule has 1 aromatic carbocycles. The zero-order valence-electron chi connectivity index (χ0n) is 21.3. The molecule has 39 heavy (non-hydrogen) atoms. The van der Waals surface area contributed by atoms with E-state index >= 15 is 0 Å². The van der Waals surface area contributed by atoms with Gasteiger partial charge in [-0.25, -0.2) is 9.78 Å². The molecule has 2 amide bonds. The maximum absolute atomic E-state index is 13.4. The van der Waals surface area contributed by atoms with Gasteiger partial charge < -0.3 is 29.4 Å². The number of pyridine rings is 2. The molecule has 0 atom stereocenters. The minimum atomic E-state index is -3.73. The van der Waals surface area contributed by atoms with Crippen LogP contribution in [0.4, 0.5) is 19.4 Å². The Bertz CT molecular complexity index is 1500. The summed E-state index contributed by atoms with van der Waals surface area (Å²) >= 11 is 0. The summed E-state index contributed by atoms with van der Waals surface area (Å²) in [4.78, 5) is 41.8. The highest BCUT2D eigenvalue weighted by Gasteiger charge is 2.53. The van der Waals surface area contributed by atoms with E-state index in [0.717, 1.165) is 5.56 Å². The lowest BCUT2D eigenvalue weighted by molar-refractivity contribution is -0.286. The first kappa shape index (κ1) is 26.1. The van der Waals surface area contributed by atoms with Crippen LogP contribution in [0, 0.1) is 6.92 Å². The summed E-state index contributed by atoms with van der Waals surface area (Å²) in [7, 11) is 0. The number of amides is 2. The van der Waals surface area contributed by atoms with Gasteiger partial charge in [0.25, 0.3) is 5.56 Å². The number of aromatic nitrogens is 2. The number of nitrogens with one attached hydrogen (secondary N) is 2. The number of ether oxygens (including phenoxy) is 3. The van der Waals surface area contributed by atoms with E-state index in [1.54, 1.807) is 37.4 Å². The number of nitrogens with zero attached hydrogens (tertiary/aromatic N) is 2. The molecule has 0 saturated heterocycles. The predicted molar refractivity (Wildman–Crippen MR) is 136 cm³/mol. The lowest BCUT2D eigenvalue weighted by atomic mass is 9.94. The summed E-state index contributed by atoms with van der Waals surface area (Å²) in [6.45, 7) is 4.23. The monoisotopic (exact) mass is 540 g/mol. The fourth-order valence-corrected chi connectivity index (χ4v) is 4.45. The molecule has 1 saturated carbocycles. The zero-order chi connectivity index (χ0) is 27.8. The topological polar surface area (TPSA) is 121 Å². The number of anilines is 1. The van der Waals surface area contributed by atoms with Gasteiger partial charge in [0.1, 0.15) is 5.82 Å². The highest BCUT2D eigenvalue weighted by molar-refractivity contribution is 6.01. The van der Waals surface area contributed by atoms with E-state index in [4.69, 9.17) is 4.74 Å². The SMILES string of the molecule is CCOC(=O)NCCn1cc(-c2nc(NC(=O)C3(c4ccc5c(c4)OC(F)(F)O5)CC3)ccc2C)ccc1=O. The third-order valence-electron chi connectivity index (χ3n) is 6.63. The summed E-state index contributed by atoms with van der Waals surface area (Å²) in [5, 5.41) is 5.42.